The van der Waals surface area contributed by atoms with Gasteiger partial charge in [0.2, 0.25) is 0 Å². The molecule has 3 N–H and O–H groups in total. The van der Waals surface area contributed by atoms with Gasteiger partial charge in [0.25, 0.3) is 5.91 Å². The van der Waals surface area contributed by atoms with E-state index in [-0.39, 0.29) is 16.9 Å². The van der Waals surface area contributed by atoms with Crippen LogP contribution in [0.3, 0.4) is 0 Å². The molecule has 0 saturated heterocycles. The van der Waals surface area contributed by atoms with Crippen molar-refractivity contribution in [3.05, 3.63) is 95.8 Å². The summed E-state index contributed by atoms with van der Waals surface area (Å²) in [5.41, 5.74) is 1.47. The van der Waals surface area contributed by atoms with Crippen LogP contribution in [0.5, 0.6) is 5.75 Å². The lowest BCUT2D eigenvalue weighted by atomic mass is 9.98. The highest BCUT2D eigenvalue weighted by Crippen LogP contribution is 2.28. The minimum Gasteiger partial charge on any atom is -0.507 e. The van der Waals surface area contributed by atoms with E-state index in [4.69, 9.17) is 0 Å². The van der Waals surface area contributed by atoms with Crippen LogP contribution in [0.1, 0.15) is 20.7 Å². The van der Waals surface area contributed by atoms with Gasteiger partial charge in [-0.25, -0.2) is 9.18 Å². The SMILES string of the molecule is O=C(O)c1ccc(-c2ccc(F)cc2)cc1C(=O)Nc1ccc2cccc(O)c2c1. The van der Waals surface area contributed by atoms with Crippen LogP contribution in [0.15, 0.2) is 78.9 Å². The van der Waals surface area contributed by atoms with Gasteiger partial charge in [-0.15, -0.1) is 0 Å². The second kappa shape index (κ2) is 7.67. The lowest BCUT2D eigenvalue weighted by molar-refractivity contribution is 0.0692. The van der Waals surface area contributed by atoms with Gasteiger partial charge in [-0.05, 0) is 59.0 Å². The molecule has 4 aromatic carbocycles. The number of phenols is 1. The molecule has 6 heteroatoms. The van der Waals surface area contributed by atoms with E-state index in [0.29, 0.717) is 22.2 Å². The van der Waals surface area contributed by atoms with Crippen LogP contribution in [0.25, 0.3) is 21.9 Å². The van der Waals surface area contributed by atoms with Crippen molar-refractivity contribution >= 4 is 28.3 Å². The number of hydrogen-bond donors (Lipinski definition) is 3. The number of aromatic carboxylic acids is 1. The number of carbonyl (C=O) groups is 2. The molecule has 0 atom stereocenters. The van der Waals surface area contributed by atoms with Crippen LogP contribution in [-0.4, -0.2) is 22.1 Å². The highest BCUT2D eigenvalue weighted by Gasteiger charge is 2.18. The summed E-state index contributed by atoms with van der Waals surface area (Å²) in [7, 11) is 0. The molecular formula is C24H16FNO4. The van der Waals surface area contributed by atoms with E-state index in [0.717, 1.165) is 5.39 Å². The fourth-order valence-electron chi connectivity index (χ4n) is 3.27. The molecule has 30 heavy (non-hydrogen) atoms. The predicted molar refractivity (Wildman–Crippen MR) is 112 cm³/mol. The summed E-state index contributed by atoms with van der Waals surface area (Å²) >= 11 is 0. The van der Waals surface area contributed by atoms with Gasteiger partial charge in [0.1, 0.15) is 11.6 Å². The summed E-state index contributed by atoms with van der Waals surface area (Å²) < 4.78 is 13.2. The second-order valence-electron chi connectivity index (χ2n) is 6.74. The van der Waals surface area contributed by atoms with Gasteiger partial charge in [0.05, 0.1) is 11.1 Å². The maximum Gasteiger partial charge on any atom is 0.336 e. The normalized spacial score (nSPS) is 10.7. The predicted octanol–water partition coefficient (Wildman–Crippen LogP) is 5.30. The fourth-order valence-corrected chi connectivity index (χ4v) is 3.27. The van der Waals surface area contributed by atoms with Crippen molar-refractivity contribution in [3.63, 3.8) is 0 Å². The summed E-state index contributed by atoms with van der Waals surface area (Å²) in [6.45, 7) is 0. The minimum atomic E-state index is -1.23. The zero-order chi connectivity index (χ0) is 21.3. The molecule has 4 rings (SSSR count). The molecule has 0 heterocycles. The Bertz CT molecular complexity index is 1280. The highest BCUT2D eigenvalue weighted by atomic mass is 19.1. The van der Waals surface area contributed by atoms with Crippen molar-refractivity contribution < 1.29 is 24.2 Å². The van der Waals surface area contributed by atoms with Crippen LogP contribution in [0.4, 0.5) is 10.1 Å². The molecule has 0 aliphatic carbocycles. The molecule has 0 unspecified atom stereocenters. The van der Waals surface area contributed by atoms with Crippen molar-refractivity contribution in [3.8, 4) is 16.9 Å². The zero-order valence-electron chi connectivity index (χ0n) is 15.6. The molecule has 0 aliphatic heterocycles. The molecule has 0 fully saturated rings. The van der Waals surface area contributed by atoms with Gasteiger partial charge in [-0.3, -0.25) is 4.79 Å². The zero-order valence-corrected chi connectivity index (χ0v) is 15.6. The standard InChI is InChI=1S/C24H16FNO4/c25-17-8-4-14(5-9-17)16-7-11-19(24(29)30)21(12-16)23(28)26-18-10-6-15-2-1-3-22(27)20(15)13-18/h1-13,27H,(H,26,28)(H,29,30). The molecule has 0 spiro atoms. The minimum absolute atomic E-state index is 0.0262. The molecule has 148 valence electrons. The van der Waals surface area contributed by atoms with Gasteiger partial charge >= 0.3 is 5.97 Å². The van der Waals surface area contributed by atoms with Gasteiger partial charge in [-0.2, -0.15) is 0 Å². The van der Waals surface area contributed by atoms with Gasteiger partial charge in [0.15, 0.2) is 0 Å². The van der Waals surface area contributed by atoms with Gasteiger partial charge < -0.3 is 15.5 Å². The molecular weight excluding hydrogens is 385 g/mol. The van der Waals surface area contributed by atoms with E-state index >= 15 is 0 Å². The molecule has 0 bridgehead atoms. The summed E-state index contributed by atoms with van der Waals surface area (Å²) in [6.07, 6.45) is 0. The number of carbonyl (C=O) groups excluding carboxylic acids is 1. The van der Waals surface area contributed by atoms with Crippen molar-refractivity contribution in [1.82, 2.24) is 0 Å². The summed E-state index contributed by atoms with van der Waals surface area (Å²) in [5, 5.41) is 23.6. The van der Waals surface area contributed by atoms with Crippen molar-refractivity contribution in [2.45, 2.75) is 0 Å². The van der Waals surface area contributed by atoms with Gasteiger partial charge in [-0.1, -0.05) is 36.4 Å². The number of amides is 1. The third-order valence-electron chi connectivity index (χ3n) is 4.79. The third-order valence-corrected chi connectivity index (χ3v) is 4.79. The van der Waals surface area contributed by atoms with E-state index in [1.54, 1.807) is 48.5 Å². The number of phenolic OH excluding ortho intramolecular Hbond substituents is 1. The summed E-state index contributed by atoms with van der Waals surface area (Å²) in [6, 6.07) is 20.2. The Hall–Kier alpha value is -4.19. The maximum absolute atomic E-state index is 13.2. The Balaban J connectivity index is 1.72. The number of hydrogen-bond acceptors (Lipinski definition) is 3. The first-order chi connectivity index (χ1) is 14.4. The highest BCUT2D eigenvalue weighted by molar-refractivity contribution is 6.12. The van der Waals surface area contributed by atoms with E-state index in [1.165, 1.54) is 24.3 Å². The number of carboxylic acid groups (broad SMARTS) is 1. The van der Waals surface area contributed by atoms with Crippen molar-refractivity contribution in [1.29, 1.82) is 0 Å². The molecule has 4 aromatic rings. The van der Waals surface area contributed by atoms with Crippen LogP contribution in [0.2, 0.25) is 0 Å². The number of anilines is 1. The average Bonchev–Trinajstić information content (AvgIpc) is 2.74. The first-order valence-electron chi connectivity index (χ1n) is 9.09. The van der Waals surface area contributed by atoms with Crippen LogP contribution < -0.4 is 5.32 Å². The summed E-state index contributed by atoms with van der Waals surface area (Å²) in [5.74, 6) is -2.15. The summed E-state index contributed by atoms with van der Waals surface area (Å²) in [4.78, 5) is 24.5. The quantitative estimate of drug-likeness (QED) is 0.433. The fraction of sp³-hybridized carbons (Fsp3) is 0. The van der Waals surface area contributed by atoms with E-state index in [9.17, 15) is 24.2 Å². The number of halogens is 1. The Kier molecular flexibility index (Phi) is 4.90. The monoisotopic (exact) mass is 401 g/mol. The smallest absolute Gasteiger partial charge is 0.336 e. The molecule has 0 aromatic heterocycles. The van der Waals surface area contributed by atoms with Crippen LogP contribution in [0, 0.1) is 5.82 Å². The molecule has 1 amide bonds. The maximum atomic E-state index is 13.2. The number of carboxylic acids is 1. The number of rotatable bonds is 4. The van der Waals surface area contributed by atoms with Crippen LogP contribution in [-0.2, 0) is 0 Å². The Morgan fingerprint density at radius 1 is 0.800 bits per heavy atom. The largest absolute Gasteiger partial charge is 0.507 e. The van der Waals surface area contributed by atoms with E-state index < -0.39 is 17.7 Å². The number of fused-ring (bicyclic) bond motifs is 1. The van der Waals surface area contributed by atoms with E-state index in [1.807, 2.05) is 6.07 Å². The number of benzene rings is 4. The Morgan fingerprint density at radius 3 is 2.27 bits per heavy atom. The molecule has 0 aliphatic rings. The Labute approximate surface area is 171 Å². The van der Waals surface area contributed by atoms with Crippen molar-refractivity contribution in [2.75, 3.05) is 5.32 Å². The van der Waals surface area contributed by atoms with Crippen LogP contribution >= 0.6 is 0 Å². The average molecular weight is 401 g/mol. The van der Waals surface area contributed by atoms with Gasteiger partial charge in [0, 0.05) is 11.1 Å². The lowest BCUT2D eigenvalue weighted by Gasteiger charge is -2.11. The molecule has 0 radical (unpaired) electrons. The first kappa shape index (κ1) is 19.1. The molecule has 0 saturated carbocycles. The van der Waals surface area contributed by atoms with Crippen molar-refractivity contribution in [2.24, 2.45) is 0 Å². The third kappa shape index (κ3) is 3.71. The lowest BCUT2D eigenvalue weighted by Crippen LogP contribution is -2.16. The van der Waals surface area contributed by atoms with E-state index in [2.05, 4.69) is 5.32 Å². The molecule has 5 nitrogen and oxygen atoms in total. The Morgan fingerprint density at radius 2 is 1.53 bits per heavy atom. The topological polar surface area (TPSA) is 86.6 Å². The first-order valence-corrected chi connectivity index (χ1v) is 9.09. The second-order valence-corrected chi connectivity index (χ2v) is 6.74. The number of nitrogens with one attached hydrogen (secondary N) is 1. The number of aromatic hydroxyl groups is 1.